The Morgan fingerprint density at radius 3 is 2.65 bits per heavy atom. The number of methoxy groups -OCH3 is 1. The molecule has 10 heteroatoms. The van der Waals surface area contributed by atoms with Crippen LogP contribution in [0, 0.1) is 4.77 Å². The Bertz CT molecular complexity index is 842. The van der Waals surface area contributed by atoms with Crippen molar-refractivity contribution in [3.8, 4) is 11.6 Å². The Labute approximate surface area is 141 Å². The van der Waals surface area contributed by atoms with E-state index < -0.39 is 5.56 Å². The van der Waals surface area contributed by atoms with Crippen LogP contribution in [0.4, 0.5) is 5.69 Å². The normalized spacial score (nSPS) is 10.5. The van der Waals surface area contributed by atoms with Crippen molar-refractivity contribution >= 4 is 41.5 Å². The molecule has 1 aromatic carbocycles. The summed E-state index contributed by atoms with van der Waals surface area (Å²) < 4.78 is 5.07. The summed E-state index contributed by atoms with van der Waals surface area (Å²) in [7, 11) is 1.58. The fraction of sp³-hybridized carbons (Fsp3) is 0.0769. The van der Waals surface area contributed by atoms with E-state index in [0.29, 0.717) is 0 Å². The van der Waals surface area contributed by atoms with Crippen molar-refractivity contribution in [3.63, 3.8) is 0 Å². The lowest BCUT2D eigenvalue weighted by atomic mass is 10.3. The quantitative estimate of drug-likeness (QED) is 0.322. The number of thiocarbonyl (C=S) groups is 1. The highest BCUT2D eigenvalue weighted by atomic mass is 32.1. The van der Waals surface area contributed by atoms with Crippen molar-refractivity contribution < 1.29 is 9.84 Å². The maximum Gasteiger partial charge on any atom is 0.264 e. The average Bonchev–Trinajstić information content (AvgIpc) is 2.50. The summed E-state index contributed by atoms with van der Waals surface area (Å²) in [6.07, 6.45) is 1.13. The molecule has 0 atom stereocenters. The summed E-state index contributed by atoms with van der Waals surface area (Å²) in [5, 5.41) is 16.5. The van der Waals surface area contributed by atoms with Crippen LogP contribution in [0.5, 0.6) is 11.6 Å². The number of hydrazone groups is 1. The van der Waals surface area contributed by atoms with Crippen LogP contribution in [0.15, 0.2) is 34.2 Å². The lowest BCUT2D eigenvalue weighted by Crippen LogP contribution is -2.24. The van der Waals surface area contributed by atoms with Gasteiger partial charge in [0, 0.05) is 5.69 Å². The van der Waals surface area contributed by atoms with Crippen LogP contribution in [-0.4, -0.2) is 33.5 Å². The van der Waals surface area contributed by atoms with E-state index in [-0.39, 0.29) is 21.3 Å². The van der Waals surface area contributed by atoms with E-state index in [1.807, 2.05) is 0 Å². The number of hydrogen-bond acceptors (Lipinski definition) is 6. The molecular formula is C13H13N5O3S2. The molecule has 1 heterocycles. The molecule has 1 aromatic heterocycles. The molecular weight excluding hydrogens is 338 g/mol. The standard InChI is InChI=1S/C13H13N5O3S2/c1-21-8-4-2-7(3-5-8)15-13(23)18-14-6-9-10(19)16-12(22)17-11(9)20/h2-6H,1H3,(H2,15,18,23)(H3,16,17,19,20,22)/b14-6+. The lowest BCUT2D eigenvalue weighted by Gasteiger charge is -2.07. The molecule has 0 saturated carbocycles. The van der Waals surface area contributed by atoms with E-state index in [2.05, 4.69) is 25.8 Å². The number of H-pyrrole nitrogens is 2. The summed E-state index contributed by atoms with van der Waals surface area (Å²) in [5.74, 6) is 0.349. The first-order valence-electron chi connectivity index (χ1n) is 6.29. The SMILES string of the molecule is COc1ccc(NC(=S)N/N=C/c2c(O)[nH]c(=S)[nH]c2=O)cc1. The minimum Gasteiger partial charge on any atom is -0.497 e. The van der Waals surface area contributed by atoms with E-state index >= 15 is 0 Å². The van der Waals surface area contributed by atoms with Gasteiger partial charge in [-0.25, -0.2) is 0 Å². The molecule has 0 unspecified atom stereocenters. The van der Waals surface area contributed by atoms with Gasteiger partial charge in [-0.15, -0.1) is 0 Å². The van der Waals surface area contributed by atoms with Crippen LogP contribution in [-0.2, 0) is 0 Å². The summed E-state index contributed by atoms with van der Waals surface area (Å²) >= 11 is 9.78. The van der Waals surface area contributed by atoms with Gasteiger partial charge in [-0.3, -0.25) is 15.2 Å². The second-order valence-corrected chi connectivity index (χ2v) is 5.04. The zero-order chi connectivity index (χ0) is 16.8. The molecule has 0 saturated heterocycles. The Morgan fingerprint density at radius 2 is 2.04 bits per heavy atom. The molecule has 23 heavy (non-hydrogen) atoms. The highest BCUT2D eigenvalue weighted by Gasteiger charge is 2.04. The van der Waals surface area contributed by atoms with E-state index in [0.717, 1.165) is 17.7 Å². The second kappa shape index (κ2) is 7.51. The van der Waals surface area contributed by atoms with Gasteiger partial charge in [0.2, 0.25) is 5.88 Å². The van der Waals surface area contributed by atoms with Crippen molar-refractivity contribution in [2.24, 2.45) is 5.10 Å². The molecule has 2 aromatic rings. The zero-order valence-corrected chi connectivity index (χ0v) is 13.5. The number of benzene rings is 1. The third-order valence-corrected chi connectivity index (χ3v) is 3.06. The van der Waals surface area contributed by atoms with Crippen molar-refractivity contribution in [2.75, 3.05) is 12.4 Å². The second-order valence-electron chi connectivity index (χ2n) is 4.22. The fourth-order valence-electron chi connectivity index (χ4n) is 1.59. The van der Waals surface area contributed by atoms with Gasteiger partial charge in [0.1, 0.15) is 11.3 Å². The van der Waals surface area contributed by atoms with Crippen LogP contribution in [0.3, 0.4) is 0 Å². The number of nitrogens with one attached hydrogen (secondary N) is 4. The molecule has 0 amide bonds. The Morgan fingerprint density at radius 1 is 1.35 bits per heavy atom. The third kappa shape index (κ3) is 4.63. The van der Waals surface area contributed by atoms with Gasteiger partial charge in [0.05, 0.1) is 13.3 Å². The molecule has 0 aliphatic rings. The minimum atomic E-state index is -0.564. The first-order chi connectivity index (χ1) is 11.0. The van der Waals surface area contributed by atoms with Gasteiger partial charge in [0.15, 0.2) is 9.88 Å². The van der Waals surface area contributed by atoms with Crippen LogP contribution >= 0.6 is 24.4 Å². The zero-order valence-electron chi connectivity index (χ0n) is 11.9. The molecule has 0 aliphatic carbocycles. The Balaban J connectivity index is 1.98. The predicted molar refractivity (Wildman–Crippen MR) is 93.9 cm³/mol. The molecule has 0 aliphatic heterocycles. The first-order valence-corrected chi connectivity index (χ1v) is 7.11. The number of aromatic hydroxyl groups is 1. The molecule has 0 radical (unpaired) electrons. The Hall–Kier alpha value is -2.72. The number of hydrogen-bond donors (Lipinski definition) is 5. The molecule has 0 bridgehead atoms. The number of anilines is 1. The number of rotatable bonds is 4. The largest absolute Gasteiger partial charge is 0.497 e. The average molecular weight is 351 g/mol. The van der Waals surface area contributed by atoms with Gasteiger partial charge in [-0.1, -0.05) is 0 Å². The summed E-state index contributed by atoms with van der Waals surface area (Å²) in [6.45, 7) is 0. The Kier molecular flexibility index (Phi) is 5.44. The van der Waals surface area contributed by atoms with Crippen molar-refractivity contribution in [1.82, 2.24) is 15.4 Å². The van der Waals surface area contributed by atoms with Crippen LogP contribution < -0.4 is 21.0 Å². The number of ether oxygens (including phenoxy) is 1. The molecule has 120 valence electrons. The molecule has 0 fully saturated rings. The molecule has 2 rings (SSSR count). The van der Waals surface area contributed by atoms with E-state index in [1.54, 1.807) is 31.4 Å². The molecule has 0 spiro atoms. The van der Waals surface area contributed by atoms with Crippen LogP contribution in [0.25, 0.3) is 0 Å². The van der Waals surface area contributed by atoms with Crippen LogP contribution in [0.2, 0.25) is 0 Å². The topological polar surface area (TPSA) is 115 Å². The number of aromatic amines is 2. The highest BCUT2D eigenvalue weighted by molar-refractivity contribution is 7.80. The summed E-state index contributed by atoms with van der Waals surface area (Å²) in [6, 6.07) is 7.12. The number of nitrogens with zero attached hydrogens (tertiary/aromatic N) is 1. The third-order valence-electron chi connectivity index (χ3n) is 2.67. The summed E-state index contributed by atoms with van der Waals surface area (Å²) in [5.41, 5.74) is 2.64. The van der Waals surface area contributed by atoms with Gasteiger partial charge >= 0.3 is 0 Å². The van der Waals surface area contributed by atoms with Crippen molar-refractivity contribution in [1.29, 1.82) is 0 Å². The lowest BCUT2D eigenvalue weighted by molar-refractivity contribution is 0.415. The highest BCUT2D eigenvalue weighted by Crippen LogP contribution is 2.14. The van der Waals surface area contributed by atoms with E-state index in [4.69, 9.17) is 29.2 Å². The van der Waals surface area contributed by atoms with Gasteiger partial charge in [0.25, 0.3) is 5.56 Å². The van der Waals surface area contributed by atoms with Crippen LogP contribution in [0.1, 0.15) is 5.56 Å². The monoisotopic (exact) mass is 351 g/mol. The maximum absolute atomic E-state index is 11.6. The smallest absolute Gasteiger partial charge is 0.264 e. The van der Waals surface area contributed by atoms with Gasteiger partial charge < -0.3 is 20.1 Å². The van der Waals surface area contributed by atoms with Gasteiger partial charge in [-0.05, 0) is 48.7 Å². The van der Waals surface area contributed by atoms with Gasteiger partial charge in [-0.2, -0.15) is 5.10 Å². The predicted octanol–water partition coefficient (Wildman–Crippen LogP) is 1.47. The fourth-order valence-corrected chi connectivity index (χ4v) is 1.95. The van der Waals surface area contributed by atoms with E-state index in [9.17, 15) is 9.90 Å². The maximum atomic E-state index is 11.6. The molecule has 8 nitrogen and oxygen atoms in total. The van der Waals surface area contributed by atoms with Crippen molar-refractivity contribution in [3.05, 3.63) is 45.0 Å². The minimum absolute atomic E-state index is 0.0225. The number of aromatic nitrogens is 2. The van der Waals surface area contributed by atoms with Crippen molar-refractivity contribution in [2.45, 2.75) is 0 Å². The van der Waals surface area contributed by atoms with E-state index in [1.165, 1.54) is 0 Å². The first kappa shape index (κ1) is 16.6. The summed E-state index contributed by atoms with van der Waals surface area (Å²) in [4.78, 5) is 16.3. The molecule has 5 N–H and O–H groups in total.